The smallest absolute Gasteiger partial charge is 0.592 e. The number of halogens is 1. The Morgan fingerprint density at radius 1 is 0.967 bits per heavy atom. The SMILES string of the molecule is CC(c1ccccc1)[N+]1=Cc2c(F)cccc2[B-]12OC(=O)[C@@H]1CCCC[C@H]1C(=O)O2. The molecule has 0 amide bonds. The molecule has 5 nitrogen and oxygen atoms in total. The van der Waals surface area contributed by atoms with Crippen LogP contribution in [0.1, 0.15) is 49.8 Å². The standard InChI is InChI=1S/C23H23BFNO4/c1-15(16-8-3-2-4-9-16)26-14-19-20(12-7-13-21(19)25)24(26)29-22(27)17-10-5-6-11-18(17)23(28)30-24/h2-4,7-9,12-15,17-18H,5-6,10-11H2,1H3/t15?,17-,18-/m1/s1. The first-order valence-electron chi connectivity index (χ1n) is 10.6. The van der Waals surface area contributed by atoms with E-state index in [0.29, 0.717) is 23.9 Å². The Morgan fingerprint density at radius 2 is 1.60 bits per heavy atom. The minimum atomic E-state index is -2.69. The van der Waals surface area contributed by atoms with E-state index in [1.54, 1.807) is 22.8 Å². The van der Waals surface area contributed by atoms with E-state index in [0.717, 1.165) is 18.4 Å². The van der Waals surface area contributed by atoms with E-state index in [9.17, 15) is 14.0 Å². The van der Waals surface area contributed by atoms with Gasteiger partial charge in [0.25, 0.3) is 11.9 Å². The zero-order valence-corrected chi connectivity index (χ0v) is 16.8. The highest BCUT2D eigenvalue weighted by molar-refractivity contribution is 6.79. The number of carbonyl (C=O) groups is 2. The summed E-state index contributed by atoms with van der Waals surface area (Å²) < 4.78 is 28.5. The Kier molecular flexibility index (Phi) is 4.49. The van der Waals surface area contributed by atoms with Crippen molar-refractivity contribution >= 4 is 30.3 Å². The zero-order valence-electron chi connectivity index (χ0n) is 16.8. The van der Waals surface area contributed by atoms with E-state index < -0.39 is 36.3 Å². The van der Waals surface area contributed by atoms with Crippen LogP contribution in [0.5, 0.6) is 0 Å². The maximum atomic E-state index is 14.7. The second-order valence-electron chi connectivity index (χ2n) is 8.45. The number of benzene rings is 2. The summed E-state index contributed by atoms with van der Waals surface area (Å²) in [6, 6.07) is 13.9. The molecule has 2 aromatic rings. The summed E-state index contributed by atoms with van der Waals surface area (Å²) in [7, 11) is 0. The fraction of sp³-hybridized carbons (Fsp3) is 0.348. The lowest BCUT2D eigenvalue weighted by Gasteiger charge is -2.35. The maximum Gasteiger partial charge on any atom is 0.684 e. The van der Waals surface area contributed by atoms with Gasteiger partial charge in [0.15, 0.2) is 0 Å². The van der Waals surface area contributed by atoms with E-state index >= 15 is 0 Å². The number of carbonyl (C=O) groups excluding carboxylic acids is 2. The van der Waals surface area contributed by atoms with Crippen LogP contribution in [0.4, 0.5) is 4.39 Å². The zero-order chi connectivity index (χ0) is 20.9. The largest absolute Gasteiger partial charge is 0.684 e. The van der Waals surface area contributed by atoms with Crippen LogP contribution >= 0.6 is 0 Å². The Labute approximate surface area is 174 Å². The van der Waals surface area contributed by atoms with Crippen molar-refractivity contribution in [2.24, 2.45) is 11.8 Å². The monoisotopic (exact) mass is 407 g/mol. The van der Waals surface area contributed by atoms with Gasteiger partial charge in [-0.15, -0.1) is 0 Å². The van der Waals surface area contributed by atoms with Crippen LogP contribution in [0.3, 0.4) is 0 Å². The van der Waals surface area contributed by atoms with Gasteiger partial charge < -0.3 is 13.8 Å². The molecule has 0 aromatic heterocycles. The van der Waals surface area contributed by atoms with Gasteiger partial charge in [-0.25, -0.2) is 4.39 Å². The van der Waals surface area contributed by atoms with Gasteiger partial charge in [-0.1, -0.05) is 55.3 Å². The predicted molar refractivity (Wildman–Crippen MR) is 110 cm³/mol. The Morgan fingerprint density at radius 3 is 2.23 bits per heavy atom. The summed E-state index contributed by atoms with van der Waals surface area (Å²) >= 11 is 0. The lowest BCUT2D eigenvalue weighted by molar-refractivity contribution is -0.467. The average Bonchev–Trinajstić information content (AvgIpc) is 3.02. The van der Waals surface area contributed by atoms with Gasteiger partial charge in [0, 0.05) is 11.1 Å². The lowest BCUT2D eigenvalue weighted by atomic mass is 9.62. The average molecular weight is 407 g/mol. The molecule has 1 aliphatic carbocycles. The molecule has 2 heterocycles. The molecule has 5 rings (SSSR count). The number of rotatable bonds is 2. The van der Waals surface area contributed by atoms with Crippen LogP contribution < -0.4 is 5.46 Å². The summed E-state index contributed by atoms with van der Waals surface area (Å²) in [5.74, 6) is -2.30. The van der Waals surface area contributed by atoms with E-state index in [4.69, 9.17) is 9.31 Å². The first-order chi connectivity index (χ1) is 14.5. The molecule has 30 heavy (non-hydrogen) atoms. The number of fused-ring (bicyclic) bond motifs is 3. The molecule has 0 N–H and O–H groups in total. The maximum absolute atomic E-state index is 14.7. The Hall–Kier alpha value is -2.96. The van der Waals surface area contributed by atoms with Crippen LogP contribution in [-0.2, 0) is 18.9 Å². The van der Waals surface area contributed by atoms with Crippen molar-refractivity contribution in [2.45, 2.75) is 38.6 Å². The molecule has 7 heteroatoms. The minimum absolute atomic E-state index is 0.297. The van der Waals surface area contributed by atoms with Gasteiger partial charge in [-0.3, -0.25) is 9.59 Å². The van der Waals surface area contributed by atoms with E-state index in [2.05, 4.69) is 0 Å². The van der Waals surface area contributed by atoms with E-state index in [-0.39, 0.29) is 6.04 Å². The molecule has 2 aliphatic heterocycles. The molecule has 2 fully saturated rings. The molecular weight excluding hydrogens is 384 g/mol. The summed E-state index contributed by atoms with van der Waals surface area (Å²) in [5.41, 5.74) is 1.64. The normalized spacial score (nSPS) is 25.5. The molecule has 1 saturated heterocycles. The van der Waals surface area contributed by atoms with Gasteiger partial charge in [-0.05, 0) is 31.3 Å². The summed E-state index contributed by atoms with van der Waals surface area (Å²) in [4.78, 5) is 26.4. The third-order valence-corrected chi connectivity index (χ3v) is 6.80. The third kappa shape index (κ3) is 2.79. The quantitative estimate of drug-likeness (QED) is 0.719. The first kappa shape index (κ1) is 19.0. The second-order valence-corrected chi connectivity index (χ2v) is 8.45. The molecule has 1 spiro atoms. The fourth-order valence-electron chi connectivity index (χ4n) is 5.18. The lowest BCUT2D eigenvalue weighted by Crippen LogP contribution is -2.62. The van der Waals surface area contributed by atoms with Gasteiger partial charge in [-0.2, -0.15) is 0 Å². The van der Waals surface area contributed by atoms with Crippen molar-refractivity contribution in [1.82, 2.24) is 0 Å². The topological polar surface area (TPSA) is 55.6 Å². The highest BCUT2D eigenvalue weighted by Gasteiger charge is 2.61. The van der Waals surface area contributed by atoms with Crippen molar-refractivity contribution in [3.63, 3.8) is 0 Å². The van der Waals surface area contributed by atoms with Crippen molar-refractivity contribution < 1.29 is 27.8 Å². The molecule has 3 aliphatic rings. The summed E-state index contributed by atoms with van der Waals surface area (Å²) in [6.07, 6.45) is 4.60. The fourth-order valence-corrected chi connectivity index (χ4v) is 5.18. The van der Waals surface area contributed by atoms with Crippen molar-refractivity contribution in [3.05, 3.63) is 65.5 Å². The molecule has 0 radical (unpaired) electrons. The van der Waals surface area contributed by atoms with Gasteiger partial charge >= 0.3 is 6.69 Å². The molecule has 154 valence electrons. The minimum Gasteiger partial charge on any atom is -0.592 e. The Bertz CT molecular complexity index is 1030. The van der Waals surface area contributed by atoms with E-state index in [1.807, 2.05) is 37.3 Å². The first-order valence-corrected chi connectivity index (χ1v) is 10.6. The van der Waals surface area contributed by atoms with Crippen LogP contribution in [0.25, 0.3) is 0 Å². The van der Waals surface area contributed by atoms with Gasteiger partial charge in [0.1, 0.15) is 18.1 Å². The van der Waals surface area contributed by atoms with E-state index in [1.165, 1.54) is 6.07 Å². The third-order valence-electron chi connectivity index (χ3n) is 6.80. The highest BCUT2D eigenvalue weighted by Crippen LogP contribution is 2.38. The molecule has 2 aromatic carbocycles. The molecule has 1 saturated carbocycles. The van der Waals surface area contributed by atoms with Crippen molar-refractivity contribution in [1.29, 1.82) is 0 Å². The Balaban J connectivity index is 1.67. The molecular formula is C23H23BFNO4. The van der Waals surface area contributed by atoms with Crippen LogP contribution in [0.2, 0.25) is 0 Å². The van der Waals surface area contributed by atoms with Crippen molar-refractivity contribution in [3.8, 4) is 0 Å². The summed E-state index contributed by atoms with van der Waals surface area (Å²) in [6.45, 7) is -0.763. The summed E-state index contributed by atoms with van der Waals surface area (Å²) in [5, 5.41) is 0. The van der Waals surface area contributed by atoms with Gasteiger partial charge in [0.05, 0.1) is 11.8 Å². The number of nitrogens with zero attached hydrogens (tertiary/aromatic N) is 1. The second kappa shape index (κ2) is 7.08. The van der Waals surface area contributed by atoms with Crippen LogP contribution in [0, 0.1) is 17.7 Å². The number of hydrogen-bond donors (Lipinski definition) is 0. The molecule has 3 atom stereocenters. The molecule has 1 unspecified atom stereocenters. The molecule has 0 bridgehead atoms. The highest BCUT2D eigenvalue weighted by atomic mass is 19.1. The van der Waals surface area contributed by atoms with Crippen molar-refractivity contribution in [2.75, 3.05) is 0 Å². The van der Waals surface area contributed by atoms with Crippen LogP contribution in [-0.4, -0.2) is 29.3 Å². The van der Waals surface area contributed by atoms with Crippen LogP contribution in [0.15, 0.2) is 48.5 Å². The van der Waals surface area contributed by atoms with Gasteiger partial charge in [0.2, 0.25) is 0 Å². The predicted octanol–water partition coefficient (Wildman–Crippen LogP) is 3.08. The number of hydrogen-bond acceptors (Lipinski definition) is 4.